The second-order valence-corrected chi connectivity index (χ2v) is 8.33. The Bertz CT molecular complexity index is 999. The van der Waals surface area contributed by atoms with Crippen molar-refractivity contribution in [3.05, 3.63) is 71.2 Å². The van der Waals surface area contributed by atoms with Gasteiger partial charge in [-0.3, -0.25) is 4.90 Å². The summed E-state index contributed by atoms with van der Waals surface area (Å²) in [6.07, 6.45) is 7.69. The molecule has 0 bridgehead atoms. The van der Waals surface area contributed by atoms with Crippen molar-refractivity contribution in [2.75, 3.05) is 26.2 Å². The normalized spacial score (nSPS) is 15.0. The average molecular weight is 419 g/mol. The minimum Gasteiger partial charge on any atom is -0.357 e. The van der Waals surface area contributed by atoms with Gasteiger partial charge in [0.05, 0.1) is 12.2 Å². The smallest absolute Gasteiger partial charge is 0.191 e. The highest BCUT2D eigenvalue weighted by Gasteiger charge is 2.11. The fraction of sp³-hybridized carbons (Fsp3) is 0.440. The second kappa shape index (κ2) is 10.4. The number of aromatic nitrogens is 2. The SMILES string of the molecule is CCNC(=NCc1ccc(CN2CCCC2)cc1)NCCc1cn2cccc(C)c2n1. The number of imidazole rings is 1. The molecule has 3 heterocycles. The van der Waals surface area contributed by atoms with Gasteiger partial charge in [-0.25, -0.2) is 9.98 Å². The number of pyridine rings is 1. The van der Waals surface area contributed by atoms with E-state index in [1.165, 1.54) is 42.6 Å². The third kappa shape index (κ3) is 5.85. The van der Waals surface area contributed by atoms with E-state index in [4.69, 9.17) is 9.98 Å². The van der Waals surface area contributed by atoms with Crippen molar-refractivity contribution in [2.45, 2.75) is 46.2 Å². The Hall–Kier alpha value is -2.86. The molecule has 0 saturated carbocycles. The zero-order valence-corrected chi connectivity index (χ0v) is 18.8. The lowest BCUT2D eigenvalue weighted by Gasteiger charge is -2.14. The van der Waals surface area contributed by atoms with Gasteiger partial charge in [0.2, 0.25) is 0 Å². The Balaban J connectivity index is 1.29. The van der Waals surface area contributed by atoms with Crippen LogP contribution in [0.5, 0.6) is 0 Å². The number of nitrogens with one attached hydrogen (secondary N) is 2. The van der Waals surface area contributed by atoms with E-state index in [0.29, 0.717) is 6.54 Å². The molecule has 1 aliphatic rings. The number of hydrogen-bond donors (Lipinski definition) is 2. The third-order valence-corrected chi connectivity index (χ3v) is 5.79. The van der Waals surface area contributed by atoms with Crippen LogP contribution in [0.1, 0.15) is 42.1 Å². The second-order valence-electron chi connectivity index (χ2n) is 8.33. The molecule has 0 atom stereocenters. The van der Waals surface area contributed by atoms with Gasteiger partial charge >= 0.3 is 0 Å². The number of guanidine groups is 1. The molecule has 2 N–H and O–H groups in total. The minimum absolute atomic E-state index is 0.673. The molecular weight excluding hydrogens is 384 g/mol. The molecule has 0 amide bonds. The highest BCUT2D eigenvalue weighted by Crippen LogP contribution is 2.14. The number of nitrogens with zero attached hydrogens (tertiary/aromatic N) is 4. The Kier molecular flexibility index (Phi) is 7.20. The molecule has 1 saturated heterocycles. The summed E-state index contributed by atoms with van der Waals surface area (Å²) in [5.41, 5.74) is 5.95. The molecule has 6 nitrogen and oxygen atoms in total. The van der Waals surface area contributed by atoms with Crippen molar-refractivity contribution < 1.29 is 0 Å². The third-order valence-electron chi connectivity index (χ3n) is 5.79. The molecule has 0 spiro atoms. The lowest BCUT2D eigenvalue weighted by Crippen LogP contribution is -2.38. The maximum Gasteiger partial charge on any atom is 0.191 e. The molecule has 3 aromatic rings. The summed E-state index contributed by atoms with van der Waals surface area (Å²) in [7, 11) is 0. The summed E-state index contributed by atoms with van der Waals surface area (Å²) >= 11 is 0. The maximum atomic E-state index is 4.76. The maximum absolute atomic E-state index is 4.76. The zero-order chi connectivity index (χ0) is 21.5. The van der Waals surface area contributed by atoms with Crippen molar-refractivity contribution in [2.24, 2.45) is 4.99 Å². The monoisotopic (exact) mass is 418 g/mol. The molecule has 1 aromatic carbocycles. The summed E-state index contributed by atoms with van der Waals surface area (Å²) in [4.78, 5) is 12.0. The first-order valence-corrected chi connectivity index (χ1v) is 11.5. The number of hydrogen-bond acceptors (Lipinski definition) is 3. The Labute approximate surface area is 185 Å². The largest absolute Gasteiger partial charge is 0.357 e. The van der Waals surface area contributed by atoms with E-state index in [1.807, 2.05) is 6.20 Å². The molecule has 4 rings (SSSR count). The fourth-order valence-electron chi connectivity index (χ4n) is 4.09. The molecule has 31 heavy (non-hydrogen) atoms. The van der Waals surface area contributed by atoms with Gasteiger partial charge in [-0.15, -0.1) is 0 Å². The van der Waals surface area contributed by atoms with Crippen LogP contribution >= 0.6 is 0 Å². The van der Waals surface area contributed by atoms with Crippen LogP contribution in [0.3, 0.4) is 0 Å². The average Bonchev–Trinajstić information content (AvgIpc) is 3.43. The van der Waals surface area contributed by atoms with Crippen LogP contribution in [-0.2, 0) is 19.5 Å². The Morgan fingerprint density at radius 2 is 1.84 bits per heavy atom. The zero-order valence-electron chi connectivity index (χ0n) is 18.8. The first-order valence-electron chi connectivity index (χ1n) is 11.5. The summed E-state index contributed by atoms with van der Waals surface area (Å²) < 4.78 is 2.09. The van der Waals surface area contributed by atoms with E-state index >= 15 is 0 Å². The molecular formula is C25H34N6. The van der Waals surface area contributed by atoms with Crippen LogP contribution in [0.25, 0.3) is 5.65 Å². The summed E-state index contributed by atoms with van der Waals surface area (Å²) in [5.74, 6) is 0.851. The van der Waals surface area contributed by atoms with Gasteiger partial charge in [-0.05, 0) is 62.5 Å². The van der Waals surface area contributed by atoms with Crippen molar-refractivity contribution in [3.63, 3.8) is 0 Å². The van der Waals surface area contributed by atoms with Gasteiger partial charge in [0.25, 0.3) is 0 Å². The highest BCUT2D eigenvalue weighted by atomic mass is 15.2. The highest BCUT2D eigenvalue weighted by molar-refractivity contribution is 5.79. The fourth-order valence-corrected chi connectivity index (χ4v) is 4.09. The molecule has 0 aliphatic carbocycles. The van der Waals surface area contributed by atoms with Crippen molar-refractivity contribution in [3.8, 4) is 0 Å². The van der Waals surface area contributed by atoms with Crippen molar-refractivity contribution >= 4 is 11.6 Å². The summed E-state index contributed by atoms with van der Waals surface area (Å²) in [5, 5.41) is 6.78. The predicted molar refractivity (Wildman–Crippen MR) is 127 cm³/mol. The van der Waals surface area contributed by atoms with Gasteiger partial charge < -0.3 is 15.0 Å². The molecule has 164 valence electrons. The lowest BCUT2D eigenvalue weighted by atomic mass is 10.1. The molecule has 1 fully saturated rings. The number of likely N-dealkylation sites (tertiary alicyclic amines) is 1. The van der Waals surface area contributed by atoms with Crippen molar-refractivity contribution in [1.29, 1.82) is 0 Å². The van der Waals surface area contributed by atoms with Gasteiger partial charge in [0, 0.05) is 38.4 Å². The molecule has 6 heteroatoms. The molecule has 0 radical (unpaired) electrons. The molecule has 0 unspecified atom stereocenters. The van der Waals surface area contributed by atoms with Gasteiger partial charge in [0.1, 0.15) is 5.65 Å². The molecule has 2 aromatic heterocycles. The number of rotatable bonds is 8. The van der Waals surface area contributed by atoms with E-state index < -0.39 is 0 Å². The predicted octanol–water partition coefficient (Wildman–Crippen LogP) is 3.54. The van der Waals surface area contributed by atoms with Gasteiger partial charge in [-0.1, -0.05) is 30.3 Å². The van der Waals surface area contributed by atoms with Crippen LogP contribution in [0.15, 0.2) is 53.8 Å². The first kappa shape index (κ1) is 21.4. The number of aliphatic imine (C=N–C) groups is 1. The topological polar surface area (TPSA) is 57.0 Å². The van der Waals surface area contributed by atoms with Crippen LogP contribution in [-0.4, -0.2) is 46.4 Å². The van der Waals surface area contributed by atoms with Crippen LogP contribution in [0, 0.1) is 6.92 Å². The van der Waals surface area contributed by atoms with E-state index in [2.05, 4.69) is 76.4 Å². The lowest BCUT2D eigenvalue weighted by molar-refractivity contribution is 0.331. The quantitative estimate of drug-likeness (QED) is 0.434. The van der Waals surface area contributed by atoms with Crippen molar-refractivity contribution in [1.82, 2.24) is 24.9 Å². The number of aryl methyl sites for hydroxylation is 1. The minimum atomic E-state index is 0.673. The van der Waals surface area contributed by atoms with Crippen LogP contribution in [0.2, 0.25) is 0 Å². The Morgan fingerprint density at radius 1 is 1.06 bits per heavy atom. The summed E-state index contributed by atoms with van der Waals surface area (Å²) in [6.45, 7) is 10.0. The van der Waals surface area contributed by atoms with E-state index in [0.717, 1.165) is 43.4 Å². The van der Waals surface area contributed by atoms with Crippen LogP contribution < -0.4 is 10.6 Å². The van der Waals surface area contributed by atoms with E-state index in [-0.39, 0.29) is 0 Å². The number of fused-ring (bicyclic) bond motifs is 1. The van der Waals surface area contributed by atoms with E-state index in [9.17, 15) is 0 Å². The first-order chi connectivity index (χ1) is 15.2. The van der Waals surface area contributed by atoms with Crippen LogP contribution in [0.4, 0.5) is 0 Å². The van der Waals surface area contributed by atoms with E-state index in [1.54, 1.807) is 0 Å². The molecule has 1 aliphatic heterocycles. The summed E-state index contributed by atoms with van der Waals surface area (Å²) in [6, 6.07) is 13.1. The Morgan fingerprint density at radius 3 is 2.58 bits per heavy atom. The standard InChI is InChI=1S/C25H34N6/c1-3-26-25(27-13-12-23-19-31-16-6-7-20(2)24(31)29-23)28-17-21-8-10-22(11-9-21)18-30-14-4-5-15-30/h6-11,16,19H,3-5,12-15,17-18H2,1-2H3,(H2,26,27,28). The van der Waals surface area contributed by atoms with Gasteiger partial charge in [-0.2, -0.15) is 0 Å². The number of benzene rings is 1. The van der Waals surface area contributed by atoms with Gasteiger partial charge in [0.15, 0.2) is 5.96 Å².